The SMILES string of the molecule is Cc1ccc(C)n1-c1nnc(SCC#N)s1. The lowest BCUT2D eigenvalue weighted by atomic mass is 10.5. The lowest BCUT2D eigenvalue weighted by Crippen LogP contribution is -1.97. The Hall–Kier alpha value is -1.32. The highest BCUT2D eigenvalue weighted by Crippen LogP contribution is 2.26. The number of rotatable bonds is 3. The van der Waals surface area contributed by atoms with E-state index in [9.17, 15) is 0 Å². The van der Waals surface area contributed by atoms with E-state index in [-0.39, 0.29) is 0 Å². The molecule has 0 radical (unpaired) electrons. The number of nitriles is 1. The number of aryl methyl sites for hydroxylation is 2. The topological polar surface area (TPSA) is 54.5 Å². The summed E-state index contributed by atoms with van der Waals surface area (Å²) in [7, 11) is 0. The maximum atomic E-state index is 8.49. The van der Waals surface area contributed by atoms with Gasteiger partial charge in [0.1, 0.15) is 0 Å². The Balaban J connectivity index is 2.29. The zero-order valence-electron chi connectivity index (χ0n) is 8.97. The van der Waals surface area contributed by atoms with Gasteiger partial charge in [0, 0.05) is 11.4 Å². The summed E-state index contributed by atoms with van der Waals surface area (Å²) < 4.78 is 2.90. The van der Waals surface area contributed by atoms with Crippen molar-refractivity contribution in [3.8, 4) is 11.2 Å². The van der Waals surface area contributed by atoms with Crippen LogP contribution in [0.4, 0.5) is 0 Å². The van der Waals surface area contributed by atoms with Crippen LogP contribution in [0.15, 0.2) is 16.5 Å². The van der Waals surface area contributed by atoms with Crippen molar-refractivity contribution in [2.75, 3.05) is 5.75 Å². The summed E-state index contributed by atoms with van der Waals surface area (Å²) in [6.07, 6.45) is 0. The molecule has 0 fully saturated rings. The van der Waals surface area contributed by atoms with Gasteiger partial charge < -0.3 is 0 Å². The van der Waals surface area contributed by atoms with Gasteiger partial charge in [-0.2, -0.15) is 5.26 Å². The van der Waals surface area contributed by atoms with Crippen LogP contribution in [0, 0.1) is 25.2 Å². The molecule has 0 unspecified atom stereocenters. The molecule has 4 nitrogen and oxygen atoms in total. The Morgan fingerprint density at radius 2 is 2.06 bits per heavy atom. The Morgan fingerprint density at radius 3 is 2.69 bits per heavy atom. The van der Waals surface area contributed by atoms with Gasteiger partial charge in [0.05, 0.1) is 11.8 Å². The van der Waals surface area contributed by atoms with Crippen molar-refractivity contribution >= 4 is 23.1 Å². The summed E-state index contributed by atoms with van der Waals surface area (Å²) in [4.78, 5) is 0. The molecular weight excluding hydrogens is 240 g/mol. The summed E-state index contributed by atoms with van der Waals surface area (Å²) in [6, 6.07) is 6.19. The summed E-state index contributed by atoms with van der Waals surface area (Å²) in [5, 5.41) is 17.5. The molecule has 0 bridgehead atoms. The molecule has 0 spiro atoms. The first-order valence-corrected chi connectivity index (χ1v) is 6.51. The number of nitrogens with zero attached hydrogens (tertiary/aromatic N) is 4. The molecule has 0 aliphatic heterocycles. The monoisotopic (exact) mass is 250 g/mol. The molecule has 6 heteroatoms. The second-order valence-electron chi connectivity index (χ2n) is 3.25. The van der Waals surface area contributed by atoms with Crippen LogP contribution in [0.5, 0.6) is 0 Å². The van der Waals surface area contributed by atoms with E-state index in [4.69, 9.17) is 5.26 Å². The van der Waals surface area contributed by atoms with Gasteiger partial charge in [-0.25, -0.2) is 0 Å². The maximum absolute atomic E-state index is 8.49. The van der Waals surface area contributed by atoms with E-state index in [2.05, 4.69) is 33.0 Å². The predicted molar refractivity (Wildman–Crippen MR) is 65.0 cm³/mol. The van der Waals surface area contributed by atoms with Gasteiger partial charge in [0.25, 0.3) is 0 Å². The van der Waals surface area contributed by atoms with E-state index in [1.54, 1.807) is 0 Å². The van der Waals surface area contributed by atoms with Crippen LogP contribution in [-0.4, -0.2) is 20.5 Å². The lowest BCUT2D eigenvalue weighted by Gasteiger charge is -2.02. The second kappa shape index (κ2) is 4.68. The van der Waals surface area contributed by atoms with Gasteiger partial charge in [0.15, 0.2) is 4.34 Å². The number of thioether (sulfide) groups is 1. The first-order chi connectivity index (χ1) is 7.72. The van der Waals surface area contributed by atoms with E-state index >= 15 is 0 Å². The molecule has 0 N–H and O–H groups in total. The van der Waals surface area contributed by atoms with Crippen molar-refractivity contribution in [1.82, 2.24) is 14.8 Å². The van der Waals surface area contributed by atoms with Crippen molar-refractivity contribution < 1.29 is 0 Å². The van der Waals surface area contributed by atoms with Crippen molar-refractivity contribution in [2.45, 2.75) is 18.2 Å². The fourth-order valence-electron chi connectivity index (χ4n) is 1.42. The third-order valence-electron chi connectivity index (χ3n) is 2.12. The molecule has 2 heterocycles. The van der Waals surface area contributed by atoms with Crippen molar-refractivity contribution in [2.24, 2.45) is 0 Å². The van der Waals surface area contributed by atoms with Gasteiger partial charge in [-0.15, -0.1) is 10.2 Å². The minimum absolute atomic E-state index is 0.415. The first-order valence-electron chi connectivity index (χ1n) is 4.71. The first kappa shape index (κ1) is 11.2. The third-order valence-corrected chi connectivity index (χ3v) is 4.03. The van der Waals surface area contributed by atoms with E-state index in [0.29, 0.717) is 5.75 Å². The minimum atomic E-state index is 0.415. The zero-order valence-corrected chi connectivity index (χ0v) is 10.6. The summed E-state index contributed by atoms with van der Waals surface area (Å²) in [5.74, 6) is 0.415. The quantitative estimate of drug-likeness (QED) is 0.786. The van der Waals surface area contributed by atoms with Crippen LogP contribution in [-0.2, 0) is 0 Å². The predicted octanol–water partition coefficient (Wildman–Crippen LogP) is 2.56. The summed E-state index contributed by atoms with van der Waals surface area (Å²) in [6.45, 7) is 4.08. The standard InChI is InChI=1S/C10H10N4S2/c1-7-3-4-8(2)14(7)9-12-13-10(16-9)15-6-5-11/h3-4H,6H2,1-2H3. The van der Waals surface area contributed by atoms with Gasteiger partial charge in [-0.1, -0.05) is 23.1 Å². The van der Waals surface area contributed by atoms with Crippen molar-refractivity contribution in [3.05, 3.63) is 23.5 Å². The Kier molecular flexibility index (Phi) is 3.27. The lowest BCUT2D eigenvalue weighted by molar-refractivity contribution is 0.897. The Bertz CT molecular complexity index is 516. The molecular formula is C10H10N4S2. The molecule has 2 rings (SSSR count). The maximum Gasteiger partial charge on any atom is 0.217 e. The van der Waals surface area contributed by atoms with Gasteiger partial charge in [-0.3, -0.25) is 4.57 Å². The average molecular weight is 250 g/mol. The van der Waals surface area contributed by atoms with Crippen LogP contribution < -0.4 is 0 Å². The fraction of sp³-hybridized carbons (Fsp3) is 0.300. The van der Waals surface area contributed by atoms with Gasteiger partial charge in [-0.05, 0) is 26.0 Å². The van der Waals surface area contributed by atoms with Crippen LogP contribution in [0.1, 0.15) is 11.4 Å². The molecule has 2 aromatic rings. The molecule has 0 aliphatic rings. The molecule has 0 aromatic carbocycles. The van der Waals surface area contributed by atoms with E-state index in [0.717, 1.165) is 20.9 Å². The molecule has 0 saturated heterocycles. The van der Waals surface area contributed by atoms with Gasteiger partial charge in [0.2, 0.25) is 5.13 Å². The van der Waals surface area contributed by atoms with Crippen molar-refractivity contribution in [1.29, 1.82) is 5.26 Å². The average Bonchev–Trinajstić information content (AvgIpc) is 2.83. The molecule has 0 atom stereocenters. The summed E-state index contributed by atoms with van der Waals surface area (Å²) >= 11 is 2.93. The van der Waals surface area contributed by atoms with E-state index in [1.807, 2.05) is 13.8 Å². The van der Waals surface area contributed by atoms with Gasteiger partial charge >= 0.3 is 0 Å². The molecule has 0 aliphatic carbocycles. The molecule has 82 valence electrons. The Morgan fingerprint density at radius 1 is 1.38 bits per heavy atom. The molecule has 0 saturated carbocycles. The molecule has 0 amide bonds. The molecule has 16 heavy (non-hydrogen) atoms. The Labute approximate surface area is 102 Å². The van der Waals surface area contributed by atoms with E-state index in [1.165, 1.54) is 23.1 Å². The zero-order chi connectivity index (χ0) is 11.5. The smallest absolute Gasteiger partial charge is 0.217 e. The fourth-order valence-corrected chi connectivity index (χ4v) is 3.04. The van der Waals surface area contributed by atoms with Crippen LogP contribution >= 0.6 is 23.1 Å². The van der Waals surface area contributed by atoms with Crippen molar-refractivity contribution in [3.63, 3.8) is 0 Å². The summed E-state index contributed by atoms with van der Waals surface area (Å²) in [5.41, 5.74) is 2.29. The molecule has 2 aromatic heterocycles. The van der Waals surface area contributed by atoms with E-state index < -0.39 is 0 Å². The highest BCUT2D eigenvalue weighted by Gasteiger charge is 2.10. The third kappa shape index (κ3) is 2.10. The number of hydrogen-bond donors (Lipinski definition) is 0. The van der Waals surface area contributed by atoms with Crippen LogP contribution in [0.3, 0.4) is 0 Å². The number of aromatic nitrogens is 3. The van der Waals surface area contributed by atoms with Crippen LogP contribution in [0.25, 0.3) is 5.13 Å². The highest BCUT2D eigenvalue weighted by atomic mass is 32.2. The number of hydrogen-bond acceptors (Lipinski definition) is 5. The minimum Gasteiger partial charge on any atom is -0.293 e. The largest absolute Gasteiger partial charge is 0.293 e. The highest BCUT2D eigenvalue weighted by molar-refractivity contribution is 8.01. The normalized spacial score (nSPS) is 10.3. The second-order valence-corrected chi connectivity index (χ2v) is 5.43. The van der Waals surface area contributed by atoms with Crippen LogP contribution in [0.2, 0.25) is 0 Å².